The van der Waals surface area contributed by atoms with E-state index in [4.69, 9.17) is 5.21 Å². The zero-order chi connectivity index (χ0) is 38.9. The quantitative estimate of drug-likeness (QED) is 0.0835. The molecule has 0 saturated carbocycles. The van der Waals surface area contributed by atoms with Crippen molar-refractivity contribution in [2.75, 3.05) is 18.4 Å². The zero-order valence-corrected chi connectivity index (χ0v) is 31.0. The van der Waals surface area contributed by atoms with Gasteiger partial charge in [0.25, 0.3) is 0 Å². The molecule has 10 heteroatoms. The van der Waals surface area contributed by atoms with Gasteiger partial charge in [0.15, 0.2) is 17.5 Å². The Hall–Kier alpha value is -6.39. The average molecular weight is 751 g/mol. The van der Waals surface area contributed by atoms with Crippen molar-refractivity contribution in [1.29, 1.82) is 0 Å². The standard InChI is InChI=1S/C46H41F3N6O/c1-2-3-15-28-54(32-43(56)50-44-41(48)29-38(47)30-42(44)49)31-33-24-26-34(27-25-33)39-22-13-14-23-40(39)45-51-52-53-55(45)46(35-16-7-4-8-17-35,36-18-9-5-10-19-36)37-20-11-6-12-21-37/h4-14,16-27,29-30H,2-3,15,28,31-32H2,1H3,(H,50,56). The van der Waals surface area contributed by atoms with Crippen molar-refractivity contribution in [2.45, 2.75) is 38.3 Å². The van der Waals surface area contributed by atoms with Crippen molar-refractivity contribution >= 4 is 11.6 Å². The first-order chi connectivity index (χ1) is 27.4. The molecule has 282 valence electrons. The maximum absolute atomic E-state index is 14.3. The first-order valence-corrected chi connectivity index (χ1v) is 18.7. The Morgan fingerprint density at radius 3 is 1.79 bits per heavy atom. The predicted octanol–water partition coefficient (Wildman–Crippen LogP) is 9.90. The van der Waals surface area contributed by atoms with Gasteiger partial charge in [-0.05, 0) is 56.8 Å². The number of tetrazole rings is 1. The molecule has 7 aromatic rings. The fraction of sp³-hybridized carbons (Fsp3) is 0.174. The molecule has 0 aliphatic carbocycles. The highest BCUT2D eigenvalue weighted by atomic mass is 19.1. The van der Waals surface area contributed by atoms with E-state index in [1.807, 2.05) is 113 Å². The highest BCUT2D eigenvalue weighted by Crippen LogP contribution is 2.43. The van der Waals surface area contributed by atoms with Crippen LogP contribution in [-0.2, 0) is 16.9 Å². The molecule has 0 saturated heterocycles. The SMILES string of the molecule is CCCCCN(CC(=O)Nc1c(F)cc(F)cc1F)Cc1ccc(-c2ccccc2-c2nnnn2C(c2ccccc2)(c2ccccc2)c2ccccc2)cc1. The van der Waals surface area contributed by atoms with Gasteiger partial charge in [-0.3, -0.25) is 9.69 Å². The summed E-state index contributed by atoms with van der Waals surface area (Å²) in [5.74, 6) is -3.38. The third-order valence-corrected chi connectivity index (χ3v) is 9.92. The largest absolute Gasteiger partial charge is 0.320 e. The highest BCUT2D eigenvalue weighted by molar-refractivity contribution is 5.92. The molecular formula is C46H41F3N6O. The van der Waals surface area contributed by atoms with Crippen LogP contribution in [-0.4, -0.2) is 44.1 Å². The van der Waals surface area contributed by atoms with Gasteiger partial charge < -0.3 is 5.32 Å². The number of halogens is 3. The van der Waals surface area contributed by atoms with E-state index in [0.717, 1.165) is 58.2 Å². The molecule has 0 bridgehead atoms. The Morgan fingerprint density at radius 2 is 1.23 bits per heavy atom. The van der Waals surface area contributed by atoms with Crippen molar-refractivity contribution in [3.8, 4) is 22.5 Å². The number of benzene rings is 6. The number of carbonyl (C=O) groups is 1. The Balaban J connectivity index is 1.21. The molecule has 6 aromatic carbocycles. The first kappa shape index (κ1) is 37.9. The molecule has 0 spiro atoms. The molecule has 56 heavy (non-hydrogen) atoms. The van der Waals surface area contributed by atoms with E-state index in [1.54, 1.807) is 0 Å². The van der Waals surface area contributed by atoms with E-state index in [-0.39, 0.29) is 6.54 Å². The molecule has 0 radical (unpaired) electrons. The second-order valence-corrected chi connectivity index (χ2v) is 13.7. The van der Waals surface area contributed by atoms with Crippen LogP contribution < -0.4 is 5.32 Å². The lowest BCUT2D eigenvalue weighted by Crippen LogP contribution is -2.39. The van der Waals surface area contributed by atoms with Gasteiger partial charge in [0.1, 0.15) is 17.0 Å². The van der Waals surface area contributed by atoms with Crippen molar-refractivity contribution < 1.29 is 18.0 Å². The molecule has 0 unspecified atom stereocenters. The fourth-order valence-corrected chi connectivity index (χ4v) is 7.31. The van der Waals surface area contributed by atoms with E-state index in [1.165, 1.54) is 0 Å². The van der Waals surface area contributed by atoms with Gasteiger partial charge in [0.05, 0.1) is 6.54 Å². The number of amides is 1. The van der Waals surface area contributed by atoms with Gasteiger partial charge in [-0.1, -0.05) is 159 Å². The summed E-state index contributed by atoms with van der Waals surface area (Å²) in [4.78, 5) is 14.9. The van der Waals surface area contributed by atoms with Crippen LogP contribution in [0.25, 0.3) is 22.5 Å². The second kappa shape index (κ2) is 17.4. The van der Waals surface area contributed by atoms with E-state index in [9.17, 15) is 18.0 Å². The number of carbonyl (C=O) groups excluding carboxylic acids is 1. The maximum Gasteiger partial charge on any atom is 0.238 e. The normalized spacial score (nSPS) is 11.5. The van der Waals surface area contributed by atoms with Crippen molar-refractivity contribution in [1.82, 2.24) is 25.1 Å². The van der Waals surface area contributed by atoms with Crippen molar-refractivity contribution in [3.05, 3.63) is 191 Å². The van der Waals surface area contributed by atoms with E-state index in [2.05, 4.69) is 59.0 Å². The van der Waals surface area contributed by atoms with Crippen LogP contribution in [0.3, 0.4) is 0 Å². The van der Waals surface area contributed by atoms with Crippen LogP contribution in [0.5, 0.6) is 0 Å². The van der Waals surface area contributed by atoms with Crippen LogP contribution in [0.1, 0.15) is 48.4 Å². The molecule has 1 N–H and O–H groups in total. The number of hydrogen-bond acceptors (Lipinski definition) is 5. The molecule has 1 amide bonds. The van der Waals surface area contributed by atoms with E-state index in [0.29, 0.717) is 31.0 Å². The number of rotatable bonds is 15. The fourth-order valence-electron chi connectivity index (χ4n) is 7.31. The zero-order valence-electron chi connectivity index (χ0n) is 31.0. The summed E-state index contributed by atoms with van der Waals surface area (Å²) in [6.07, 6.45) is 2.81. The molecule has 1 aromatic heterocycles. The van der Waals surface area contributed by atoms with Gasteiger partial charge >= 0.3 is 0 Å². The topological polar surface area (TPSA) is 75.9 Å². The summed E-state index contributed by atoms with van der Waals surface area (Å²) in [6.45, 7) is 3.03. The highest BCUT2D eigenvalue weighted by Gasteiger charge is 2.42. The number of anilines is 1. The molecule has 0 aliphatic heterocycles. The smallest absolute Gasteiger partial charge is 0.238 e. The lowest BCUT2D eigenvalue weighted by molar-refractivity contribution is -0.117. The monoisotopic (exact) mass is 750 g/mol. The van der Waals surface area contributed by atoms with Gasteiger partial charge in [0.2, 0.25) is 5.91 Å². The first-order valence-electron chi connectivity index (χ1n) is 18.7. The van der Waals surface area contributed by atoms with Crippen LogP contribution >= 0.6 is 0 Å². The Kier molecular flexibility index (Phi) is 11.8. The maximum atomic E-state index is 14.3. The molecule has 1 heterocycles. The van der Waals surface area contributed by atoms with E-state index >= 15 is 0 Å². The summed E-state index contributed by atoms with van der Waals surface area (Å²) in [6, 6.07) is 48.0. The lowest BCUT2D eigenvalue weighted by Gasteiger charge is -2.36. The molecule has 0 fully saturated rings. The summed E-state index contributed by atoms with van der Waals surface area (Å²) >= 11 is 0. The van der Waals surface area contributed by atoms with Crippen LogP contribution in [0.4, 0.5) is 18.9 Å². The predicted molar refractivity (Wildman–Crippen MR) is 213 cm³/mol. The number of nitrogens with one attached hydrogen (secondary N) is 1. The number of unbranched alkanes of at least 4 members (excludes halogenated alkanes) is 2. The van der Waals surface area contributed by atoms with Gasteiger partial charge in [0, 0.05) is 24.2 Å². The minimum Gasteiger partial charge on any atom is -0.320 e. The van der Waals surface area contributed by atoms with Gasteiger partial charge in [-0.15, -0.1) is 5.10 Å². The third-order valence-electron chi connectivity index (χ3n) is 9.92. The second-order valence-electron chi connectivity index (χ2n) is 13.7. The Labute approximate surface area is 324 Å². The summed E-state index contributed by atoms with van der Waals surface area (Å²) < 4.78 is 44.0. The Bertz CT molecular complexity index is 2250. The van der Waals surface area contributed by atoms with Crippen LogP contribution in [0.15, 0.2) is 152 Å². The van der Waals surface area contributed by atoms with Gasteiger partial charge in [-0.2, -0.15) is 0 Å². The molecule has 7 rings (SSSR count). The summed E-state index contributed by atoms with van der Waals surface area (Å²) in [7, 11) is 0. The molecule has 7 nitrogen and oxygen atoms in total. The summed E-state index contributed by atoms with van der Waals surface area (Å²) in [5, 5.41) is 16.0. The molecule has 0 atom stereocenters. The van der Waals surface area contributed by atoms with Crippen LogP contribution in [0.2, 0.25) is 0 Å². The number of hydrogen-bond donors (Lipinski definition) is 1. The molecule has 0 aliphatic rings. The minimum absolute atomic E-state index is 0.0980. The lowest BCUT2D eigenvalue weighted by atomic mass is 9.77. The Morgan fingerprint density at radius 1 is 0.696 bits per heavy atom. The number of aromatic nitrogens is 4. The third kappa shape index (κ3) is 8.01. The summed E-state index contributed by atoms with van der Waals surface area (Å²) in [5.41, 5.74) is 5.09. The minimum atomic E-state index is -1.16. The van der Waals surface area contributed by atoms with E-state index < -0.39 is 34.6 Å². The number of nitrogens with zero attached hydrogens (tertiary/aromatic N) is 5. The molecular weight excluding hydrogens is 710 g/mol. The van der Waals surface area contributed by atoms with Crippen LogP contribution in [0, 0.1) is 17.5 Å². The van der Waals surface area contributed by atoms with Gasteiger partial charge in [-0.25, -0.2) is 17.9 Å². The average Bonchev–Trinajstić information content (AvgIpc) is 3.71. The van der Waals surface area contributed by atoms with Crippen molar-refractivity contribution in [3.63, 3.8) is 0 Å². The van der Waals surface area contributed by atoms with Crippen molar-refractivity contribution in [2.24, 2.45) is 0 Å².